The quantitative estimate of drug-likeness (QED) is 0.436. The van der Waals surface area contributed by atoms with Gasteiger partial charge in [-0.2, -0.15) is 10.2 Å². The maximum Gasteiger partial charge on any atom is 0.416 e. The normalized spacial score (nSPS) is 17.9. The first-order valence-corrected chi connectivity index (χ1v) is 10.6. The molecular formula is C24H18FN7O2. The summed E-state index contributed by atoms with van der Waals surface area (Å²) in [4.78, 5) is 23.1. The number of carbonyl (C=O) groups excluding carboxylic acids is 1. The average Bonchev–Trinajstić information content (AvgIpc) is 3.59. The van der Waals surface area contributed by atoms with Crippen LogP contribution in [0.15, 0.2) is 73.3 Å². The summed E-state index contributed by atoms with van der Waals surface area (Å²) in [7, 11) is 0. The van der Waals surface area contributed by atoms with Gasteiger partial charge in [-0.05, 0) is 36.2 Å². The molecule has 34 heavy (non-hydrogen) atoms. The smallest absolute Gasteiger partial charge is 0.416 e. The van der Waals surface area contributed by atoms with Crippen LogP contribution in [0.2, 0.25) is 0 Å². The summed E-state index contributed by atoms with van der Waals surface area (Å²) in [5, 5.41) is 10.8. The number of carbonyl (C=O) groups is 1. The minimum atomic E-state index is -0.727. The highest BCUT2D eigenvalue weighted by Crippen LogP contribution is 2.38. The fourth-order valence-electron chi connectivity index (χ4n) is 4.29. The monoisotopic (exact) mass is 455 g/mol. The van der Waals surface area contributed by atoms with Gasteiger partial charge in [-0.1, -0.05) is 36.4 Å². The number of benzene rings is 2. The summed E-state index contributed by atoms with van der Waals surface area (Å²) in [6.07, 6.45) is 4.18. The zero-order valence-electron chi connectivity index (χ0n) is 18.0. The van der Waals surface area contributed by atoms with Crippen molar-refractivity contribution in [2.75, 3.05) is 11.5 Å². The number of fused-ring (bicyclic) bond motifs is 1. The number of hydrogen-bond acceptors (Lipinski definition) is 6. The fraction of sp³-hybridized carbons (Fsp3) is 0.125. The molecule has 1 N–H and O–H groups in total. The lowest BCUT2D eigenvalue weighted by Crippen LogP contribution is -2.42. The Balaban J connectivity index is 1.44. The number of H-pyrrole nitrogens is 1. The first-order chi connectivity index (χ1) is 16.5. The highest BCUT2D eigenvalue weighted by atomic mass is 19.1. The predicted octanol–water partition coefficient (Wildman–Crippen LogP) is 4.19. The van der Waals surface area contributed by atoms with E-state index in [1.807, 2.05) is 37.3 Å². The minimum Gasteiger partial charge on any atom is -0.446 e. The number of hydrogen-bond donors (Lipinski definition) is 1. The van der Waals surface area contributed by atoms with Crippen molar-refractivity contribution in [1.29, 1.82) is 0 Å². The van der Waals surface area contributed by atoms with E-state index in [0.717, 1.165) is 5.56 Å². The van der Waals surface area contributed by atoms with Crippen molar-refractivity contribution in [2.45, 2.75) is 12.5 Å². The number of ether oxygens (including phenoxy) is 1. The zero-order chi connectivity index (χ0) is 23.3. The van der Waals surface area contributed by atoms with Gasteiger partial charge in [0.05, 0.1) is 11.8 Å². The van der Waals surface area contributed by atoms with Gasteiger partial charge in [0.25, 0.3) is 0 Å². The first-order valence-electron chi connectivity index (χ1n) is 10.6. The van der Waals surface area contributed by atoms with Gasteiger partial charge in [-0.3, -0.25) is 5.10 Å². The molecule has 10 heteroatoms. The van der Waals surface area contributed by atoms with Gasteiger partial charge in [0, 0.05) is 11.8 Å². The lowest BCUT2D eigenvalue weighted by molar-refractivity contribution is 0.174. The number of amides is 1. The Kier molecular flexibility index (Phi) is 4.41. The average molecular weight is 455 g/mol. The molecule has 0 radical (unpaired) electrons. The molecule has 3 aromatic heterocycles. The van der Waals surface area contributed by atoms with Crippen molar-refractivity contribution in [3.8, 4) is 22.5 Å². The zero-order valence-corrected chi connectivity index (χ0v) is 18.0. The SMILES string of the molecule is CC1(c2ccccc2)COC(=O)N1c1ccn2ncc(-c3ccc(-c4ncn[nH]4)c(F)c3)c2n1. The molecule has 0 aliphatic carbocycles. The molecule has 1 aliphatic heterocycles. The Morgan fingerprint density at radius 3 is 2.74 bits per heavy atom. The highest BCUT2D eigenvalue weighted by Gasteiger charge is 2.46. The van der Waals surface area contributed by atoms with E-state index in [1.54, 1.807) is 40.0 Å². The molecule has 1 atom stereocenters. The van der Waals surface area contributed by atoms with Crippen LogP contribution in [0.3, 0.4) is 0 Å². The summed E-state index contributed by atoms with van der Waals surface area (Å²) in [5.41, 5.74) is 2.22. The molecule has 1 unspecified atom stereocenters. The fourth-order valence-corrected chi connectivity index (χ4v) is 4.29. The summed E-state index contributed by atoms with van der Waals surface area (Å²) in [6.45, 7) is 2.14. The van der Waals surface area contributed by atoms with Crippen molar-refractivity contribution >= 4 is 17.6 Å². The molecular weight excluding hydrogens is 437 g/mol. The summed E-state index contributed by atoms with van der Waals surface area (Å²) >= 11 is 0. The highest BCUT2D eigenvalue weighted by molar-refractivity contribution is 5.91. The maximum atomic E-state index is 14.9. The molecule has 0 bridgehead atoms. The van der Waals surface area contributed by atoms with Gasteiger partial charge in [-0.15, -0.1) is 0 Å². The molecule has 1 fully saturated rings. The topological polar surface area (TPSA) is 101 Å². The molecule has 9 nitrogen and oxygen atoms in total. The largest absolute Gasteiger partial charge is 0.446 e. The van der Waals surface area contributed by atoms with Crippen molar-refractivity contribution in [1.82, 2.24) is 29.8 Å². The number of halogens is 1. The molecule has 2 aromatic carbocycles. The molecule has 168 valence electrons. The van der Waals surface area contributed by atoms with E-state index in [2.05, 4.69) is 20.3 Å². The Bertz CT molecular complexity index is 1520. The molecule has 4 heterocycles. The summed E-state index contributed by atoms with van der Waals surface area (Å²) in [6, 6.07) is 16.2. The second-order valence-electron chi connectivity index (χ2n) is 8.17. The molecule has 0 spiro atoms. The third kappa shape index (κ3) is 3.03. The summed E-state index contributed by atoms with van der Waals surface area (Å²) < 4.78 is 21.9. The number of cyclic esters (lactones) is 1. The lowest BCUT2D eigenvalue weighted by Gasteiger charge is -2.31. The number of aromatic amines is 1. The number of nitrogens with zero attached hydrogens (tertiary/aromatic N) is 6. The van der Waals surface area contributed by atoms with Crippen LogP contribution in [-0.4, -0.2) is 42.5 Å². The molecule has 1 saturated heterocycles. The Labute approximate surface area is 192 Å². The second kappa shape index (κ2) is 7.48. The third-order valence-electron chi connectivity index (χ3n) is 6.08. The lowest BCUT2D eigenvalue weighted by atomic mass is 9.92. The third-order valence-corrected chi connectivity index (χ3v) is 6.08. The number of nitrogens with one attached hydrogen (secondary N) is 1. The maximum absolute atomic E-state index is 14.9. The predicted molar refractivity (Wildman–Crippen MR) is 121 cm³/mol. The van der Waals surface area contributed by atoms with Crippen LogP contribution in [0.1, 0.15) is 12.5 Å². The van der Waals surface area contributed by atoms with E-state index in [0.29, 0.717) is 34.0 Å². The minimum absolute atomic E-state index is 0.198. The van der Waals surface area contributed by atoms with Crippen molar-refractivity contribution in [3.63, 3.8) is 0 Å². The molecule has 1 amide bonds. The van der Waals surface area contributed by atoms with Crippen molar-refractivity contribution in [3.05, 3.63) is 84.7 Å². The molecule has 1 aliphatic rings. The van der Waals surface area contributed by atoms with E-state index in [4.69, 9.17) is 9.72 Å². The molecule has 6 rings (SSSR count). The second-order valence-corrected chi connectivity index (χ2v) is 8.17. The molecule has 0 saturated carbocycles. The number of anilines is 1. The van der Waals surface area contributed by atoms with Crippen LogP contribution in [0.4, 0.5) is 15.0 Å². The van der Waals surface area contributed by atoms with Crippen molar-refractivity contribution < 1.29 is 13.9 Å². The van der Waals surface area contributed by atoms with E-state index in [9.17, 15) is 9.18 Å². The van der Waals surface area contributed by atoms with Crippen LogP contribution in [0.25, 0.3) is 28.2 Å². The van der Waals surface area contributed by atoms with E-state index < -0.39 is 17.4 Å². The van der Waals surface area contributed by atoms with E-state index in [1.165, 1.54) is 12.4 Å². The van der Waals surface area contributed by atoms with Gasteiger partial charge >= 0.3 is 6.09 Å². The standard InChI is InChI=1S/C24H18FN7O2/c1-24(16-5-3-2-4-6-16)13-34-23(33)32(24)20-9-10-31-22(29-20)18(12-28-31)15-7-8-17(19(25)11-15)21-26-14-27-30-21/h2-12,14H,13H2,1H3,(H,26,27,30). The van der Waals surface area contributed by atoms with Gasteiger partial charge in [0.15, 0.2) is 11.5 Å². The van der Waals surface area contributed by atoms with Crippen LogP contribution in [0.5, 0.6) is 0 Å². The van der Waals surface area contributed by atoms with Crippen LogP contribution >= 0.6 is 0 Å². The van der Waals surface area contributed by atoms with Crippen LogP contribution in [-0.2, 0) is 10.3 Å². The van der Waals surface area contributed by atoms with E-state index in [-0.39, 0.29) is 6.61 Å². The number of aromatic nitrogens is 6. The van der Waals surface area contributed by atoms with Crippen molar-refractivity contribution in [2.24, 2.45) is 0 Å². The molecule has 5 aromatic rings. The Hall–Kier alpha value is -4.60. The Morgan fingerprint density at radius 1 is 1.12 bits per heavy atom. The van der Waals surface area contributed by atoms with E-state index >= 15 is 0 Å². The van der Waals surface area contributed by atoms with Crippen LogP contribution < -0.4 is 4.90 Å². The van der Waals surface area contributed by atoms with Crippen LogP contribution in [0, 0.1) is 5.82 Å². The van der Waals surface area contributed by atoms with Gasteiger partial charge in [-0.25, -0.2) is 28.6 Å². The first kappa shape index (κ1) is 20.0. The van der Waals surface area contributed by atoms with Gasteiger partial charge in [0.1, 0.15) is 30.1 Å². The summed E-state index contributed by atoms with van der Waals surface area (Å²) in [5.74, 6) is 0.309. The number of rotatable bonds is 4. The Morgan fingerprint density at radius 2 is 1.97 bits per heavy atom. The van der Waals surface area contributed by atoms with Gasteiger partial charge in [0.2, 0.25) is 0 Å². The van der Waals surface area contributed by atoms with Gasteiger partial charge < -0.3 is 4.74 Å².